The van der Waals surface area contributed by atoms with Crippen molar-refractivity contribution in [2.75, 3.05) is 38.0 Å². The van der Waals surface area contributed by atoms with Crippen molar-refractivity contribution >= 4 is 21.4 Å². The number of anilines is 2. The second-order valence-electron chi connectivity index (χ2n) is 7.54. The molecule has 0 radical (unpaired) electrons. The van der Waals surface area contributed by atoms with Crippen LogP contribution in [0.2, 0.25) is 0 Å². The molecule has 0 bridgehead atoms. The second-order valence-corrected chi connectivity index (χ2v) is 9.10. The Bertz CT molecular complexity index is 1110. The molecule has 0 fully saturated rings. The van der Waals surface area contributed by atoms with Crippen molar-refractivity contribution in [3.63, 3.8) is 0 Å². The van der Waals surface area contributed by atoms with E-state index in [4.69, 9.17) is 5.14 Å². The number of hydrogen-bond acceptors (Lipinski definition) is 4. The van der Waals surface area contributed by atoms with Crippen molar-refractivity contribution in [2.24, 2.45) is 5.14 Å². The minimum atomic E-state index is -3.71. The number of nitrogens with zero attached hydrogens (tertiary/aromatic N) is 2. The van der Waals surface area contributed by atoms with E-state index in [1.54, 1.807) is 24.3 Å². The number of primary sulfonamides is 1. The minimum Gasteiger partial charge on any atom is -0.377 e. The van der Waals surface area contributed by atoms with Crippen LogP contribution in [-0.2, 0) is 10.0 Å². The van der Waals surface area contributed by atoms with Gasteiger partial charge in [0.05, 0.1) is 4.90 Å². The second kappa shape index (κ2) is 7.89. The van der Waals surface area contributed by atoms with Crippen LogP contribution in [0, 0.1) is 6.92 Å². The van der Waals surface area contributed by atoms with Gasteiger partial charge in [-0.2, -0.15) is 0 Å². The lowest BCUT2D eigenvalue weighted by Gasteiger charge is -2.24. The Labute approximate surface area is 173 Å². The Balaban J connectivity index is 2.20. The molecule has 29 heavy (non-hydrogen) atoms. The van der Waals surface area contributed by atoms with Crippen LogP contribution in [0.1, 0.15) is 5.56 Å². The van der Waals surface area contributed by atoms with E-state index in [1.807, 2.05) is 46.4 Å². The van der Waals surface area contributed by atoms with Crippen molar-refractivity contribution < 1.29 is 8.42 Å². The average molecular weight is 410 g/mol. The Morgan fingerprint density at radius 1 is 0.724 bits per heavy atom. The highest BCUT2D eigenvalue weighted by Crippen LogP contribution is 2.38. The molecule has 5 nitrogen and oxygen atoms in total. The lowest BCUT2D eigenvalue weighted by Crippen LogP contribution is -2.15. The largest absolute Gasteiger partial charge is 0.377 e. The first-order valence-electron chi connectivity index (χ1n) is 9.31. The predicted octanol–water partition coefficient (Wildman–Crippen LogP) is 4.11. The third-order valence-electron chi connectivity index (χ3n) is 5.05. The number of hydrogen-bond donors (Lipinski definition) is 1. The Hall–Kier alpha value is -2.83. The van der Waals surface area contributed by atoms with Crippen molar-refractivity contribution in [1.29, 1.82) is 0 Å². The van der Waals surface area contributed by atoms with Crippen LogP contribution in [0.15, 0.2) is 65.6 Å². The highest BCUT2D eigenvalue weighted by molar-refractivity contribution is 7.89. The third-order valence-corrected chi connectivity index (χ3v) is 5.98. The van der Waals surface area contributed by atoms with Crippen LogP contribution in [0.3, 0.4) is 0 Å². The minimum absolute atomic E-state index is 0.110. The molecule has 3 aromatic rings. The van der Waals surface area contributed by atoms with Crippen molar-refractivity contribution in [2.45, 2.75) is 11.8 Å². The van der Waals surface area contributed by atoms with Crippen LogP contribution < -0.4 is 14.9 Å². The number of benzene rings is 3. The molecule has 0 spiro atoms. The summed E-state index contributed by atoms with van der Waals surface area (Å²) in [7, 11) is 4.47. The summed E-state index contributed by atoms with van der Waals surface area (Å²) < 4.78 is 23.1. The maximum atomic E-state index is 11.6. The van der Waals surface area contributed by atoms with Gasteiger partial charge in [-0.3, -0.25) is 0 Å². The predicted molar refractivity (Wildman–Crippen MR) is 122 cm³/mol. The normalized spacial score (nSPS) is 11.4. The molecule has 0 saturated carbocycles. The first-order chi connectivity index (χ1) is 13.6. The molecule has 0 aliphatic heterocycles. The van der Waals surface area contributed by atoms with Gasteiger partial charge < -0.3 is 9.80 Å². The van der Waals surface area contributed by atoms with Gasteiger partial charge in [-0.15, -0.1) is 0 Å². The molecule has 0 atom stereocenters. The lowest BCUT2D eigenvalue weighted by atomic mass is 9.93. The molecule has 0 amide bonds. The summed E-state index contributed by atoms with van der Waals surface area (Å²) in [4.78, 5) is 4.35. The highest BCUT2D eigenvalue weighted by atomic mass is 32.2. The van der Waals surface area contributed by atoms with Gasteiger partial charge in [-0.05, 0) is 59.0 Å². The van der Waals surface area contributed by atoms with Crippen LogP contribution in [0.4, 0.5) is 11.4 Å². The summed E-state index contributed by atoms with van der Waals surface area (Å²) in [6.45, 7) is 2.13. The van der Waals surface area contributed by atoms with Gasteiger partial charge in [0.15, 0.2) is 0 Å². The van der Waals surface area contributed by atoms with E-state index in [1.165, 1.54) is 5.56 Å². The molecule has 0 aliphatic rings. The first kappa shape index (κ1) is 20.9. The third kappa shape index (κ3) is 4.28. The summed E-state index contributed by atoms with van der Waals surface area (Å²) in [5.41, 5.74) is 7.70. The Morgan fingerprint density at radius 2 is 1.17 bits per heavy atom. The van der Waals surface area contributed by atoms with Gasteiger partial charge in [0.25, 0.3) is 0 Å². The molecule has 0 aliphatic carbocycles. The quantitative estimate of drug-likeness (QED) is 0.689. The molecular weight excluding hydrogens is 382 g/mol. The molecule has 6 heteroatoms. The standard InChI is InChI=1S/C23H27N3O2S/c1-16-22(25(2)3)14-18(15-23(16)26(4)5)21-9-7-6-8-20(21)17-10-12-19(13-11-17)29(24,27)28/h6-15H,1-5H3,(H2,24,27,28). The van der Waals surface area contributed by atoms with Gasteiger partial charge in [0.2, 0.25) is 10.0 Å². The topological polar surface area (TPSA) is 66.6 Å². The van der Waals surface area contributed by atoms with Crippen LogP contribution in [-0.4, -0.2) is 36.6 Å². The fraction of sp³-hybridized carbons (Fsp3) is 0.217. The average Bonchev–Trinajstić information content (AvgIpc) is 2.67. The van der Waals surface area contributed by atoms with Gasteiger partial charge in [-0.25, -0.2) is 13.6 Å². The van der Waals surface area contributed by atoms with Gasteiger partial charge >= 0.3 is 0 Å². The van der Waals surface area contributed by atoms with E-state index in [0.29, 0.717) is 0 Å². The molecule has 2 N–H and O–H groups in total. The molecule has 0 saturated heterocycles. The van der Waals surface area contributed by atoms with E-state index >= 15 is 0 Å². The van der Waals surface area contributed by atoms with E-state index in [9.17, 15) is 8.42 Å². The molecule has 0 aromatic heterocycles. The summed E-state index contributed by atoms with van der Waals surface area (Å²) in [5.74, 6) is 0. The van der Waals surface area contributed by atoms with E-state index < -0.39 is 10.0 Å². The molecule has 0 unspecified atom stereocenters. The smallest absolute Gasteiger partial charge is 0.238 e. The highest BCUT2D eigenvalue weighted by Gasteiger charge is 2.15. The van der Waals surface area contributed by atoms with Gasteiger partial charge in [-0.1, -0.05) is 36.4 Å². The van der Waals surface area contributed by atoms with Crippen LogP contribution >= 0.6 is 0 Å². The lowest BCUT2D eigenvalue weighted by molar-refractivity contribution is 0.598. The maximum absolute atomic E-state index is 11.6. The summed E-state index contributed by atoms with van der Waals surface area (Å²) in [6, 6.07) is 19.2. The Morgan fingerprint density at radius 3 is 1.59 bits per heavy atom. The van der Waals surface area contributed by atoms with E-state index in [0.717, 1.165) is 33.6 Å². The zero-order valence-electron chi connectivity index (χ0n) is 17.5. The van der Waals surface area contributed by atoms with Crippen molar-refractivity contribution in [1.82, 2.24) is 0 Å². The SMILES string of the molecule is Cc1c(N(C)C)cc(-c2ccccc2-c2ccc(S(N)(=O)=O)cc2)cc1N(C)C. The van der Waals surface area contributed by atoms with Crippen molar-refractivity contribution in [3.05, 3.63) is 66.2 Å². The van der Waals surface area contributed by atoms with Crippen LogP contribution in [0.5, 0.6) is 0 Å². The molecule has 3 rings (SSSR count). The fourth-order valence-electron chi connectivity index (χ4n) is 3.58. The number of rotatable bonds is 5. The van der Waals surface area contributed by atoms with Crippen molar-refractivity contribution in [3.8, 4) is 22.3 Å². The molecule has 3 aromatic carbocycles. The first-order valence-corrected chi connectivity index (χ1v) is 10.9. The zero-order chi connectivity index (χ0) is 21.3. The number of nitrogens with two attached hydrogens (primary N) is 1. The van der Waals surface area contributed by atoms with Crippen LogP contribution in [0.25, 0.3) is 22.3 Å². The maximum Gasteiger partial charge on any atom is 0.238 e. The molecular formula is C23H27N3O2S. The summed E-state index contributed by atoms with van der Waals surface area (Å²) >= 11 is 0. The van der Waals surface area contributed by atoms with Gasteiger partial charge in [0, 0.05) is 39.6 Å². The Kier molecular flexibility index (Phi) is 5.68. The summed E-state index contributed by atoms with van der Waals surface area (Å²) in [5, 5.41) is 5.23. The van der Waals surface area contributed by atoms with Gasteiger partial charge in [0.1, 0.15) is 0 Å². The van der Waals surface area contributed by atoms with E-state index in [2.05, 4.69) is 34.9 Å². The fourth-order valence-corrected chi connectivity index (χ4v) is 4.09. The summed E-state index contributed by atoms with van der Waals surface area (Å²) in [6.07, 6.45) is 0. The monoisotopic (exact) mass is 409 g/mol. The van der Waals surface area contributed by atoms with E-state index in [-0.39, 0.29) is 4.90 Å². The molecule has 152 valence electrons. The number of sulfonamides is 1. The zero-order valence-corrected chi connectivity index (χ0v) is 18.3. The molecule has 0 heterocycles.